The third kappa shape index (κ3) is 31.2. The minimum absolute atomic E-state index is 0. The van der Waals surface area contributed by atoms with Crippen LogP contribution < -0.4 is 0 Å². The van der Waals surface area contributed by atoms with Gasteiger partial charge in [-0.25, -0.2) is 0 Å². The largest absolute Gasteiger partial charge is 4.00 e. The molecule has 0 amide bonds. The van der Waals surface area contributed by atoms with Gasteiger partial charge in [0.2, 0.25) is 0 Å². The average Bonchev–Trinajstić information content (AvgIpc) is 3.79. The van der Waals surface area contributed by atoms with E-state index in [1.165, 1.54) is 11.8 Å². The second-order valence-electron chi connectivity index (χ2n) is 6.72. The van der Waals surface area contributed by atoms with Crippen LogP contribution in [0.2, 0.25) is 0 Å². The predicted octanol–water partition coefficient (Wildman–Crippen LogP) is 5.96. The van der Waals surface area contributed by atoms with Gasteiger partial charge in [-0.1, -0.05) is 0 Å². The molecule has 0 unspecified atom stereocenters. The summed E-state index contributed by atoms with van der Waals surface area (Å²) in [7, 11) is 0. The van der Waals surface area contributed by atoms with Gasteiger partial charge in [0.1, 0.15) is 0 Å². The van der Waals surface area contributed by atoms with E-state index < -0.39 is 0 Å². The fourth-order valence-corrected chi connectivity index (χ4v) is 2.69. The molecule has 37 heavy (non-hydrogen) atoms. The van der Waals surface area contributed by atoms with Crippen LogP contribution in [0.3, 0.4) is 0 Å². The van der Waals surface area contributed by atoms with Gasteiger partial charge in [-0.15, -0.1) is 0 Å². The SMILES string of the molecule is [CH]1[CH][CH][CH][CH]1.[CH]1[CH][CH][CH][CH]1.[CH]1[CH][CH][CH][CH]1.[CH]1[CH][CH][CH][CH]1.[Fe+2].[Fe+2].[S-]C[C]1[CH][CH][CH][CH]1.[S-]C[C]1[CH][CH][CH][CH]1.[Ti+4]. The van der Waals surface area contributed by atoms with Crippen LogP contribution in [0.5, 0.6) is 0 Å². The Hall–Kier alpha value is 2.45. The van der Waals surface area contributed by atoms with Gasteiger partial charge in [0, 0.05) is 0 Å². The third-order valence-electron chi connectivity index (χ3n) is 4.02. The van der Waals surface area contributed by atoms with Crippen LogP contribution >= 0.6 is 0 Å². The molecular weight excluding hydrogens is 608 g/mol. The summed E-state index contributed by atoms with van der Waals surface area (Å²) in [5, 5.41) is 0. The van der Waals surface area contributed by atoms with Gasteiger partial charge >= 0.3 is 55.9 Å². The second-order valence-corrected chi connectivity index (χ2v) is 7.30. The van der Waals surface area contributed by atoms with Crippen molar-refractivity contribution in [1.29, 1.82) is 0 Å². The zero-order valence-corrected chi connectivity index (χ0v) is 26.0. The first kappa shape index (κ1) is 43.9. The van der Waals surface area contributed by atoms with Gasteiger partial charge in [0.15, 0.2) is 0 Å². The van der Waals surface area contributed by atoms with Crippen molar-refractivity contribution in [2.24, 2.45) is 0 Å². The molecule has 0 aromatic rings. The van der Waals surface area contributed by atoms with Crippen LogP contribution in [0.25, 0.3) is 0 Å². The van der Waals surface area contributed by atoms with Gasteiger partial charge in [-0.2, -0.15) is 11.5 Å². The third-order valence-corrected chi connectivity index (χ3v) is 4.69. The number of hydrogen-bond acceptors (Lipinski definition) is 2. The Balaban J connectivity index is -0.000000371. The summed E-state index contributed by atoms with van der Waals surface area (Å²) in [6, 6.07) is 0. The molecular formula is C32H32Fe2S2Ti+6. The molecule has 6 aliphatic carbocycles. The minimum atomic E-state index is 0. The Morgan fingerprint density at radius 2 is 0.432 bits per heavy atom. The van der Waals surface area contributed by atoms with Crippen LogP contribution in [-0.2, 0) is 81.1 Å². The zero-order valence-electron chi connectivity index (χ0n) is 20.6. The fourth-order valence-electron chi connectivity index (χ4n) is 2.30. The Kier molecular flexibility index (Phi) is 43.3. The first-order chi connectivity index (χ1) is 16.9. The van der Waals surface area contributed by atoms with Gasteiger partial charge < -0.3 is 25.3 Å². The molecule has 0 spiro atoms. The average molecular weight is 640 g/mol. The maximum atomic E-state index is 4.77. The van der Waals surface area contributed by atoms with E-state index in [0.29, 0.717) is 0 Å². The molecule has 0 aromatic carbocycles. The predicted molar refractivity (Wildman–Crippen MR) is 151 cm³/mol. The van der Waals surface area contributed by atoms with Crippen molar-refractivity contribution in [3.05, 3.63) is 192 Å². The summed E-state index contributed by atoms with van der Waals surface area (Å²) in [6.07, 6.45) is 56.1. The molecule has 0 heterocycles. The Bertz CT molecular complexity index is 287. The van der Waals surface area contributed by atoms with Gasteiger partial charge in [0.25, 0.3) is 0 Å². The quantitative estimate of drug-likeness (QED) is 0.270. The molecule has 0 aromatic heterocycles. The van der Waals surface area contributed by atoms with Gasteiger partial charge in [0.05, 0.1) is 0 Å². The van der Waals surface area contributed by atoms with Crippen LogP contribution in [0.4, 0.5) is 0 Å². The standard InChI is InChI=1S/2C6H7S.4C5H5.2Fe.Ti/c2*7-5-6-3-1-2-4-6;4*1-2-4-5-3-1;;;/h2*1-4,7H,5H2;4*1-5H;;;/q;;;;;;2*+2;+4/p-2. The molecule has 30 radical (unpaired) electrons. The maximum Gasteiger partial charge on any atom is 4.00 e. The summed E-state index contributed by atoms with van der Waals surface area (Å²) in [6.45, 7) is 0. The molecule has 5 heteroatoms. The van der Waals surface area contributed by atoms with Crippen molar-refractivity contribution >= 4 is 25.3 Å². The van der Waals surface area contributed by atoms with E-state index in [-0.39, 0.29) is 55.9 Å². The van der Waals surface area contributed by atoms with Crippen molar-refractivity contribution in [3.63, 3.8) is 0 Å². The van der Waals surface area contributed by atoms with Crippen molar-refractivity contribution in [2.75, 3.05) is 11.5 Å². The normalized spacial score (nSPS) is 21.9. The van der Waals surface area contributed by atoms with Crippen LogP contribution in [0.1, 0.15) is 0 Å². The zero-order chi connectivity index (χ0) is 24.4. The van der Waals surface area contributed by atoms with Crippen LogP contribution in [-0.4, -0.2) is 11.5 Å². The molecule has 6 fully saturated rings. The first-order valence-electron chi connectivity index (χ1n) is 11.1. The summed E-state index contributed by atoms with van der Waals surface area (Å²) in [5.74, 6) is 3.98. The fraction of sp³-hybridized carbons (Fsp3) is 0.0625. The molecule has 0 atom stereocenters. The van der Waals surface area contributed by atoms with E-state index in [1.807, 2.05) is 180 Å². The van der Waals surface area contributed by atoms with Gasteiger partial charge in [-0.3, -0.25) is 0 Å². The number of rotatable bonds is 2. The van der Waals surface area contributed by atoms with E-state index in [1.54, 1.807) is 0 Å². The smallest absolute Gasteiger partial charge is 0.792 e. The first-order valence-corrected chi connectivity index (χ1v) is 12.3. The van der Waals surface area contributed by atoms with E-state index in [9.17, 15) is 0 Å². The Morgan fingerprint density at radius 1 is 0.297 bits per heavy atom. The molecule has 186 valence electrons. The summed E-state index contributed by atoms with van der Waals surface area (Å²) in [4.78, 5) is 0. The van der Waals surface area contributed by atoms with E-state index in [4.69, 9.17) is 25.3 Å². The van der Waals surface area contributed by atoms with E-state index in [0.717, 1.165) is 11.5 Å². The summed E-state index contributed by atoms with van der Waals surface area (Å²) in [5.41, 5.74) is 0. The van der Waals surface area contributed by atoms with Crippen LogP contribution in [0, 0.1) is 192 Å². The molecule has 6 saturated carbocycles. The van der Waals surface area contributed by atoms with Crippen molar-refractivity contribution in [1.82, 2.24) is 0 Å². The van der Waals surface area contributed by atoms with E-state index >= 15 is 0 Å². The van der Waals surface area contributed by atoms with Crippen molar-refractivity contribution in [2.45, 2.75) is 0 Å². The summed E-state index contributed by atoms with van der Waals surface area (Å²) < 4.78 is 0. The molecule has 6 aliphatic rings. The Morgan fingerprint density at radius 3 is 0.514 bits per heavy atom. The van der Waals surface area contributed by atoms with Crippen molar-refractivity contribution in [3.8, 4) is 0 Å². The minimum Gasteiger partial charge on any atom is -0.792 e. The topological polar surface area (TPSA) is 0 Å². The molecule has 0 N–H and O–H groups in total. The summed E-state index contributed by atoms with van der Waals surface area (Å²) >= 11 is 9.54. The second kappa shape index (κ2) is 36.5. The molecule has 0 saturated heterocycles. The molecule has 0 bridgehead atoms. The van der Waals surface area contributed by atoms with Gasteiger partial charge in [-0.05, 0) is 192 Å². The maximum absolute atomic E-state index is 4.77. The monoisotopic (exact) mass is 640 g/mol. The van der Waals surface area contributed by atoms with Crippen molar-refractivity contribution < 1.29 is 55.9 Å². The molecule has 0 aliphatic heterocycles. The van der Waals surface area contributed by atoms with Crippen LogP contribution in [0.15, 0.2) is 0 Å². The van der Waals surface area contributed by atoms with E-state index in [2.05, 4.69) is 0 Å². The molecule has 0 nitrogen and oxygen atoms in total. The molecule has 6 rings (SSSR count). The number of hydrogen-bond donors (Lipinski definition) is 0. The Labute approximate surface area is 282 Å².